The second kappa shape index (κ2) is 36.7. The Kier molecular flexibility index (Phi) is 42.2. The largest absolute Gasteiger partial charge is 0.465 e. The zero-order valence-electron chi connectivity index (χ0n) is 42.2. The van der Waals surface area contributed by atoms with Crippen molar-refractivity contribution in [2.75, 3.05) is 19.8 Å². The molecule has 0 aromatic rings. The summed E-state index contributed by atoms with van der Waals surface area (Å²) in [5, 5.41) is 0. The molecule has 6 aliphatic carbocycles. The first-order chi connectivity index (χ1) is 29.9. The van der Waals surface area contributed by atoms with Crippen LogP contribution in [-0.4, -0.2) is 72.4 Å². The first-order valence-electron chi connectivity index (χ1n) is 25.1. The van der Waals surface area contributed by atoms with E-state index in [4.69, 9.17) is 28.4 Å². The fraction of sp³-hybridized carbons (Fsp3) is 0.902. The molecule has 0 N–H and O–H groups in total. The van der Waals surface area contributed by atoms with Crippen LogP contribution >= 0.6 is 0 Å². The Balaban J connectivity index is -0.000000171. The van der Waals surface area contributed by atoms with Gasteiger partial charge in [-0.25, -0.2) is 9.59 Å². The van der Waals surface area contributed by atoms with Crippen LogP contribution in [0.5, 0.6) is 0 Å². The monoisotopic (exact) mass is 1050 g/mol. The van der Waals surface area contributed by atoms with Gasteiger partial charge in [-0.2, -0.15) is 0 Å². The van der Waals surface area contributed by atoms with Gasteiger partial charge in [-0.1, -0.05) is 114 Å². The summed E-state index contributed by atoms with van der Waals surface area (Å²) < 4.78 is 32.6. The topological polar surface area (TPSA) is 158 Å². The maximum atomic E-state index is 12.5. The lowest BCUT2D eigenvalue weighted by Crippen LogP contribution is -2.59. The van der Waals surface area contributed by atoms with E-state index in [9.17, 15) is 28.8 Å². The average Bonchev–Trinajstić information content (AvgIpc) is 3.26. The van der Waals surface area contributed by atoms with Crippen molar-refractivity contribution >= 4 is 35.8 Å². The van der Waals surface area contributed by atoms with Crippen LogP contribution in [0, 0.1) is 39.9 Å². The molecule has 0 aromatic heterocycles. The maximum Gasteiger partial charge on any atom is 0.344 e. The van der Waals surface area contributed by atoms with E-state index in [-0.39, 0.29) is 134 Å². The lowest BCUT2D eigenvalue weighted by atomic mass is 9.49. The summed E-state index contributed by atoms with van der Waals surface area (Å²) >= 11 is 0. The third kappa shape index (κ3) is 24.1. The van der Waals surface area contributed by atoms with Crippen molar-refractivity contribution in [1.82, 2.24) is 0 Å². The van der Waals surface area contributed by atoms with E-state index in [1.165, 1.54) is 44.9 Å². The molecule has 6 rings (SSSR count). The molecule has 0 unspecified atom stereocenters. The van der Waals surface area contributed by atoms with E-state index < -0.39 is 28.2 Å². The number of hydrogen-bond acceptors (Lipinski definition) is 12. The minimum atomic E-state index is -0.548. The molecule has 12 heteroatoms. The molecular formula is C61H124O12. The van der Waals surface area contributed by atoms with Gasteiger partial charge in [0.25, 0.3) is 0 Å². The van der Waals surface area contributed by atoms with Crippen LogP contribution in [0.15, 0.2) is 0 Å². The van der Waals surface area contributed by atoms with Crippen LogP contribution < -0.4 is 0 Å². The first-order valence-corrected chi connectivity index (χ1v) is 25.1. The van der Waals surface area contributed by atoms with E-state index in [0.717, 1.165) is 82.5 Å². The van der Waals surface area contributed by atoms with E-state index in [1.807, 2.05) is 76.2 Å². The zero-order chi connectivity index (χ0) is 48.0. The summed E-state index contributed by atoms with van der Waals surface area (Å²) in [6.07, 6.45) is 20.7. The number of hydrogen-bond donors (Lipinski definition) is 0. The Morgan fingerprint density at radius 1 is 0.438 bits per heavy atom. The summed E-state index contributed by atoms with van der Waals surface area (Å²) in [5.41, 5.74) is -2.54. The number of ether oxygens (including phenoxy) is 6. The summed E-state index contributed by atoms with van der Waals surface area (Å²) in [6.45, 7) is 22.5. The number of carbonyl (C=O) groups excluding carboxylic acids is 6. The Bertz CT molecular complexity index is 1520. The Labute approximate surface area is 452 Å². The van der Waals surface area contributed by atoms with Gasteiger partial charge in [0, 0.05) is 0 Å². The van der Waals surface area contributed by atoms with Gasteiger partial charge in [0.1, 0.15) is 23.4 Å². The van der Waals surface area contributed by atoms with Crippen molar-refractivity contribution < 1.29 is 57.2 Å². The SMILES string of the molecule is C.C.C.C.C.C.C.C.C.CCC(C)(C)C(=O)OCC(=O)OC1(C)CCCCC1.CCC(C)(C)C(=O)OCCC(=O)OC1(CC)C2CC3CC(C2)CC1C3.CCC1(OC(=O)COC(=O)C(C)(C)CC)CCCCC1. The van der Waals surface area contributed by atoms with Crippen LogP contribution in [0.25, 0.3) is 0 Å². The lowest BCUT2D eigenvalue weighted by molar-refractivity contribution is -0.211. The summed E-state index contributed by atoms with van der Waals surface area (Å²) in [5.74, 6) is 0.819. The fourth-order valence-corrected chi connectivity index (χ4v) is 10.3. The van der Waals surface area contributed by atoms with E-state index in [0.29, 0.717) is 24.7 Å². The van der Waals surface area contributed by atoms with Crippen LogP contribution in [0.4, 0.5) is 0 Å². The molecule has 0 aliphatic heterocycles. The molecule has 6 fully saturated rings. The highest BCUT2D eigenvalue weighted by atomic mass is 16.6. The molecule has 73 heavy (non-hydrogen) atoms. The van der Waals surface area contributed by atoms with Crippen molar-refractivity contribution in [3.63, 3.8) is 0 Å². The minimum Gasteiger partial charge on any atom is -0.465 e. The van der Waals surface area contributed by atoms with Gasteiger partial charge in [-0.3, -0.25) is 19.2 Å². The second-order valence-corrected chi connectivity index (χ2v) is 21.9. The molecule has 0 heterocycles. The fourth-order valence-electron chi connectivity index (χ4n) is 10.3. The Morgan fingerprint density at radius 3 is 1.15 bits per heavy atom. The van der Waals surface area contributed by atoms with Crippen molar-refractivity contribution in [2.45, 2.75) is 302 Å². The maximum absolute atomic E-state index is 12.5. The molecule has 4 bridgehead atoms. The third-order valence-electron chi connectivity index (χ3n) is 15.9. The summed E-state index contributed by atoms with van der Waals surface area (Å²) in [4.78, 5) is 71.7. The van der Waals surface area contributed by atoms with Crippen LogP contribution in [0.2, 0.25) is 0 Å². The van der Waals surface area contributed by atoms with Gasteiger partial charge in [0.05, 0.1) is 22.7 Å². The van der Waals surface area contributed by atoms with E-state index >= 15 is 0 Å². The summed E-state index contributed by atoms with van der Waals surface area (Å²) in [7, 11) is 0. The van der Waals surface area contributed by atoms with Gasteiger partial charge in [-0.05, 0) is 188 Å². The minimum absolute atomic E-state index is 0. The predicted molar refractivity (Wildman–Crippen MR) is 306 cm³/mol. The molecule has 0 amide bonds. The standard InChI is InChI=1S/C21H34O4.C16H28O4.C15H26O4.9CH4/c1-5-20(3,4)19(23)24-8-7-18(22)25-21(6-2)16-10-14-9-15(12-16)13-17(21)11-14;1-5-15(3,4)14(18)19-12-13(17)20-16(6-2)10-8-7-9-11-16;1-5-14(2,3)13(17)18-11-12(16)19-15(4)9-7-6-8-10-15;;;;;;;;;/h14-17H,5-13H2,1-4H3;5-12H2,1-4H3;5-11H2,1-4H3;9*1H4. The lowest BCUT2D eigenvalue weighted by Gasteiger charge is -2.60. The molecule has 440 valence electrons. The second-order valence-electron chi connectivity index (χ2n) is 21.9. The zero-order valence-corrected chi connectivity index (χ0v) is 42.2. The normalized spacial score (nSPS) is 22.4. The van der Waals surface area contributed by atoms with Crippen LogP contribution in [0.1, 0.15) is 285 Å². The van der Waals surface area contributed by atoms with E-state index in [2.05, 4.69) is 6.92 Å². The van der Waals surface area contributed by atoms with E-state index in [1.54, 1.807) is 0 Å². The number of carbonyl (C=O) groups is 6. The molecule has 0 atom stereocenters. The highest BCUT2D eigenvalue weighted by Crippen LogP contribution is 2.60. The quantitative estimate of drug-likeness (QED) is 0.0946. The highest BCUT2D eigenvalue weighted by molar-refractivity contribution is 5.80. The van der Waals surface area contributed by atoms with Crippen molar-refractivity contribution in [2.24, 2.45) is 39.9 Å². The smallest absolute Gasteiger partial charge is 0.344 e. The van der Waals surface area contributed by atoms with Gasteiger partial charge < -0.3 is 28.4 Å². The first kappa shape index (κ1) is 83.8. The molecule has 0 aromatic carbocycles. The van der Waals surface area contributed by atoms with Crippen LogP contribution in [0.3, 0.4) is 0 Å². The number of rotatable bonds is 18. The van der Waals surface area contributed by atoms with Gasteiger partial charge in [-0.15, -0.1) is 0 Å². The van der Waals surface area contributed by atoms with Crippen molar-refractivity contribution in [3.8, 4) is 0 Å². The molecule has 0 saturated heterocycles. The predicted octanol–water partition coefficient (Wildman–Crippen LogP) is 17.1. The molecule has 0 spiro atoms. The van der Waals surface area contributed by atoms with Gasteiger partial charge >= 0.3 is 35.8 Å². The highest BCUT2D eigenvalue weighted by Gasteiger charge is 2.58. The Morgan fingerprint density at radius 2 is 0.795 bits per heavy atom. The molecule has 6 saturated carbocycles. The Hall–Kier alpha value is -3.18. The molecule has 6 aliphatic rings. The van der Waals surface area contributed by atoms with Gasteiger partial charge in [0.2, 0.25) is 0 Å². The van der Waals surface area contributed by atoms with Crippen LogP contribution in [-0.2, 0) is 57.2 Å². The third-order valence-corrected chi connectivity index (χ3v) is 15.9. The molecule has 0 radical (unpaired) electrons. The average molecular weight is 1050 g/mol. The molecule has 12 nitrogen and oxygen atoms in total. The number of esters is 6. The molecular weight excluding hydrogens is 925 g/mol. The van der Waals surface area contributed by atoms with Crippen molar-refractivity contribution in [3.05, 3.63) is 0 Å². The summed E-state index contributed by atoms with van der Waals surface area (Å²) in [6, 6.07) is 0. The van der Waals surface area contributed by atoms with Gasteiger partial charge in [0.15, 0.2) is 13.2 Å². The van der Waals surface area contributed by atoms with Crippen molar-refractivity contribution in [1.29, 1.82) is 0 Å².